The van der Waals surface area contributed by atoms with Crippen LogP contribution >= 0.6 is 0 Å². The summed E-state index contributed by atoms with van der Waals surface area (Å²) in [6.45, 7) is 12.3. The molecule has 2 saturated heterocycles. The maximum atomic E-state index is 5.11. The second kappa shape index (κ2) is 11.7. The number of hydrogen-bond donors (Lipinski definition) is 0. The Bertz CT molecular complexity index is 128. The number of rotatable bonds is 5. The van der Waals surface area contributed by atoms with Crippen molar-refractivity contribution in [3.05, 3.63) is 12.7 Å². The topological polar surface area (TPSA) is 34.3 Å². The molecule has 1 atom stereocenters. The van der Waals surface area contributed by atoms with Crippen LogP contribution in [-0.4, -0.2) is 39.1 Å². The predicted molar refractivity (Wildman–Crippen MR) is 62.2 cm³/mol. The minimum Gasteiger partial charge on any atom is -0.377 e. The van der Waals surface area contributed by atoms with Crippen molar-refractivity contribution < 1.29 is 14.2 Å². The van der Waals surface area contributed by atoms with Crippen molar-refractivity contribution in [3.8, 4) is 0 Å². The Labute approximate surface area is 93.4 Å². The van der Waals surface area contributed by atoms with Gasteiger partial charge in [-0.3, -0.25) is 0 Å². The van der Waals surface area contributed by atoms with E-state index >= 15 is 0 Å². The van der Waals surface area contributed by atoms with Gasteiger partial charge >= 0.3 is 0 Å². The van der Waals surface area contributed by atoms with Gasteiger partial charge in [0.1, 0.15) is 0 Å². The van der Waals surface area contributed by atoms with Gasteiger partial charge in [0.05, 0.1) is 32.5 Å². The summed E-state index contributed by atoms with van der Waals surface area (Å²) in [5.41, 5.74) is 0. The van der Waals surface area contributed by atoms with E-state index in [0.29, 0.717) is 12.7 Å². The molecule has 3 heteroatoms. The minimum absolute atomic E-state index is 0.583. The Morgan fingerprint density at radius 2 is 2.00 bits per heavy atom. The Morgan fingerprint density at radius 3 is 2.27 bits per heavy atom. The molecule has 1 unspecified atom stereocenters. The van der Waals surface area contributed by atoms with Crippen molar-refractivity contribution in [2.75, 3.05) is 33.0 Å². The van der Waals surface area contributed by atoms with E-state index < -0.39 is 0 Å². The lowest BCUT2D eigenvalue weighted by Crippen LogP contribution is -1.91. The highest BCUT2D eigenvalue weighted by Gasteiger charge is 2.13. The lowest BCUT2D eigenvalue weighted by atomic mass is 10.4. The summed E-state index contributed by atoms with van der Waals surface area (Å²) in [4.78, 5) is 0. The quantitative estimate of drug-likeness (QED) is 0.402. The third kappa shape index (κ3) is 24.7. The van der Waals surface area contributed by atoms with Gasteiger partial charge in [-0.15, -0.1) is 6.58 Å². The predicted octanol–water partition coefficient (Wildman–Crippen LogP) is 2.41. The largest absolute Gasteiger partial charge is 0.377 e. The van der Waals surface area contributed by atoms with Crippen molar-refractivity contribution in [1.82, 2.24) is 0 Å². The van der Waals surface area contributed by atoms with Crippen LogP contribution < -0.4 is 0 Å². The Balaban J connectivity index is 0.000000226. The first kappa shape index (κ1) is 14.6. The molecule has 0 spiro atoms. The summed E-state index contributed by atoms with van der Waals surface area (Å²) >= 11 is 0. The SMILES string of the molecule is C1CO1.C=CCOCCCC.CC1CO1. The average Bonchev–Trinajstić information content (AvgIpc) is 3.04. The van der Waals surface area contributed by atoms with E-state index in [0.717, 1.165) is 32.8 Å². The summed E-state index contributed by atoms with van der Waals surface area (Å²) in [7, 11) is 0. The van der Waals surface area contributed by atoms with Crippen LogP contribution in [0.5, 0.6) is 0 Å². The fourth-order valence-electron chi connectivity index (χ4n) is 0.509. The van der Waals surface area contributed by atoms with Gasteiger partial charge in [0.2, 0.25) is 0 Å². The molecular weight excluding hydrogens is 192 g/mol. The van der Waals surface area contributed by atoms with Crippen LogP contribution in [0.1, 0.15) is 26.7 Å². The monoisotopic (exact) mass is 216 g/mol. The van der Waals surface area contributed by atoms with Gasteiger partial charge < -0.3 is 14.2 Å². The van der Waals surface area contributed by atoms with E-state index in [2.05, 4.69) is 25.2 Å². The van der Waals surface area contributed by atoms with Gasteiger partial charge in [0.15, 0.2) is 0 Å². The molecule has 2 rings (SSSR count). The van der Waals surface area contributed by atoms with Crippen LogP contribution in [0.2, 0.25) is 0 Å². The lowest BCUT2D eigenvalue weighted by Gasteiger charge is -1.95. The van der Waals surface area contributed by atoms with Crippen molar-refractivity contribution in [2.45, 2.75) is 32.8 Å². The Kier molecular flexibility index (Phi) is 11.4. The molecule has 0 aromatic heterocycles. The van der Waals surface area contributed by atoms with Gasteiger partial charge in [-0.2, -0.15) is 0 Å². The fourth-order valence-corrected chi connectivity index (χ4v) is 0.509. The molecule has 2 heterocycles. The molecule has 0 aromatic carbocycles. The normalized spacial score (nSPS) is 20.3. The van der Waals surface area contributed by atoms with Gasteiger partial charge in [0.25, 0.3) is 0 Å². The zero-order valence-corrected chi connectivity index (χ0v) is 10.0. The van der Waals surface area contributed by atoms with E-state index in [1.165, 1.54) is 6.42 Å². The highest BCUT2D eigenvalue weighted by atomic mass is 16.6. The molecule has 0 saturated carbocycles. The summed E-state index contributed by atoms with van der Waals surface area (Å²) < 4.78 is 14.3. The van der Waals surface area contributed by atoms with Gasteiger partial charge in [-0.25, -0.2) is 0 Å². The summed E-state index contributed by atoms with van der Waals surface area (Å²) in [5, 5.41) is 0. The molecule has 90 valence electrons. The smallest absolute Gasteiger partial charge is 0.0781 e. The molecule has 15 heavy (non-hydrogen) atoms. The summed E-state index contributed by atoms with van der Waals surface area (Å²) in [6, 6.07) is 0. The number of unbranched alkanes of at least 4 members (excludes halogenated alkanes) is 1. The van der Waals surface area contributed by atoms with Crippen LogP contribution in [0.3, 0.4) is 0 Å². The molecular formula is C12H24O3. The van der Waals surface area contributed by atoms with Crippen LogP contribution in [0, 0.1) is 0 Å². The molecule has 0 aromatic rings. The first-order valence-electron chi connectivity index (χ1n) is 5.69. The molecule has 0 radical (unpaired) electrons. The van der Waals surface area contributed by atoms with Gasteiger partial charge in [-0.1, -0.05) is 19.4 Å². The van der Waals surface area contributed by atoms with E-state index in [1.807, 2.05) is 0 Å². The third-order valence-corrected chi connectivity index (χ3v) is 1.58. The standard InChI is InChI=1S/C7H14O.C3H6O.C2H4O/c1-3-5-7-8-6-4-2;1-3-2-4-3;1-2-3-1/h4H,2-3,5-7H2,1H3;3H,2H2,1H3;1-2H2. The molecule has 0 amide bonds. The molecule has 2 fully saturated rings. The number of epoxide rings is 2. The molecule has 2 aliphatic heterocycles. The highest BCUT2D eigenvalue weighted by molar-refractivity contribution is 4.63. The van der Waals surface area contributed by atoms with Crippen molar-refractivity contribution in [2.24, 2.45) is 0 Å². The number of ether oxygens (including phenoxy) is 3. The van der Waals surface area contributed by atoms with Crippen molar-refractivity contribution in [3.63, 3.8) is 0 Å². The van der Waals surface area contributed by atoms with E-state index in [-0.39, 0.29) is 0 Å². The van der Waals surface area contributed by atoms with Crippen LogP contribution in [0.15, 0.2) is 12.7 Å². The molecule has 2 aliphatic rings. The lowest BCUT2D eigenvalue weighted by molar-refractivity contribution is 0.159. The minimum atomic E-state index is 0.583. The van der Waals surface area contributed by atoms with E-state index in [4.69, 9.17) is 9.47 Å². The summed E-state index contributed by atoms with van der Waals surface area (Å²) in [6.07, 6.45) is 4.72. The Hall–Kier alpha value is -0.380. The van der Waals surface area contributed by atoms with Crippen LogP contribution in [0.25, 0.3) is 0 Å². The zero-order valence-electron chi connectivity index (χ0n) is 10.0. The average molecular weight is 216 g/mol. The second-order valence-corrected chi connectivity index (χ2v) is 3.47. The first-order valence-corrected chi connectivity index (χ1v) is 5.69. The van der Waals surface area contributed by atoms with E-state index in [1.54, 1.807) is 6.08 Å². The van der Waals surface area contributed by atoms with E-state index in [9.17, 15) is 0 Å². The molecule has 3 nitrogen and oxygen atoms in total. The maximum absolute atomic E-state index is 5.11. The maximum Gasteiger partial charge on any atom is 0.0781 e. The van der Waals surface area contributed by atoms with Gasteiger partial charge in [0, 0.05) is 6.61 Å². The third-order valence-electron chi connectivity index (χ3n) is 1.58. The zero-order chi connectivity index (χ0) is 11.4. The van der Waals surface area contributed by atoms with Gasteiger partial charge in [-0.05, 0) is 13.3 Å². The second-order valence-electron chi connectivity index (χ2n) is 3.47. The fraction of sp³-hybridized carbons (Fsp3) is 0.833. The van der Waals surface area contributed by atoms with Crippen LogP contribution in [0.4, 0.5) is 0 Å². The number of hydrogen-bond acceptors (Lipinski definition) is 3. The first-order chi connectivity index (χ1) is 7.31. The molecule has 0 aliphatic carbocycles. The van der Waals surface area contributed by atoms with Crippen molar-refractivity contribution in [1.29, 1.82) is 0 Å². The van der Waals surface area contributed by atoms with Crippen molar-refractivity contribution >= 4 is 0 Å². The van der Waals surface area contributed by atoms with Crippen LogP contribution in [-0.2, 0) is 14.2 Å². The summed E-state index contributed by atoms with van der Waals surface area (Å²) in [5.74, 6) is 0. The molecule has 0 bridgehead atoms. The highest BCUT2D eigenvalue weighted by Crippen LogP contribution is 2.04. The molecule has 0 N–H and O–H groups in total. The Morgan fingerprint density at radius 1 is 1.47 bits per heavy atom.